The van der Waals surface area contributed by atoms with Crippen LogP contribution >= 0.6 is 0 Å². The Morgan fingerprint density at radius 2 is 2.00 bits per heavy atom. The van der Waals surface area contributed by atoms with E-state index in [0.29, 0.717) is 11.0 Å². The molecule has 126 valence electrons. The smallest absolute Gasteiger partial charge is 0.0349 e. The number of fused-ring (bicyclic) bond motifs is 1. The van der Waals surface area contributed by atoms with Gasteiger partial charge in [0.2, 0.25) is 0 Å². The van der Waals surface area contributed by atoms with E-state index in [1.54, 1.807) is 0 Å². The summed E-state index contributed by atoms with van der Waals surface area (Å²) >= 11 is 0. The maximum absolute atomic E-state index is 6.18. The molecule has 1 aromatic rings. The van der Waals surface area contributed by atoms with Crippen molar-refractivity contribution in [2.24, 2.45) is 23.2 Å². The molecule has 4 rings (SSSR count). The molecule has 0 radical (unpaired) electrons. The second kappa shape index (κ2) is 5.24. The van der Waals surface area contributed by atoms with Crippen LogP contribution in [0.2, 0.25) is 0 Å². The van der Waals surface area contributed by atoms with E-state index in [9.17, 15) is 0 Å². The van der Waals surface area contributed by atoms with Gasteiger partial charge in [0, 0.05) is 17.8 Å². The van der Waals surface area contributed by atoms with Crippen molar-refractivity contribution >= 4 is 5.69 Å². The van der Waals surface area contributed by atoms with Gasteiger partial charge in [0.05, 0.1) is 0 Å². The molecule has 2 bridgehead atoms. The van der Waals surface area contributed by atoms with E-state index in [0.717, 1.165) is 36.4 Å². The predicted molar refractivity (Wildman–Crippen MR) is 97.1 cm³/mol. The average Bonchev–Trinajstić information content (AvgIpc) is 3.17. The number of nitrogen functional groups attached to an aromatic ring is 1. The quantitative estimate of drug-likeness (QED) is 0.802. The van der Waals surface area contributed by atoms with Gasteiger partial charge < -0.3 is 11.1 Å². The molecule has 3 fully saturated rings. The van der Waals surface area contributed by atoms with Gasteiger partial charge in [0.25, 0.3) is 0 Å². The molecule has 3 N–H and O–H groups in total. The summed E-state index contributed by atoms with van der Waals surface area (Å²) < 4.78 is 0. The summed E-state index contributed by atoms with van der Waals surface area (Å²) in [6.07, 6.45) is 8.14. The average molecular weight is 313 g/mol. The lowest BCUT2D eigenvalue weighted by molar-refractivity contribution is 0.0449. The van der Waals surface area contributed by atoms with Crippen molar-refractivity contribution in [3.8, 4) is 0 Å². The number of hydrogen-bond acceptors (Lipinski definition) is 2. The van der Waals surface area contributed by atoms with E-state index in [1.807, 2.05) is 6.07 Å². The number of nitrogens with two attached hydrogens (primary N) is 1. The highest BCUT2D eigenvalue weighted by atomic mass is 15.0. The van der Waals surface area contributed by atoms with Crippen LogP contribution in [0.5, 0.6) is 0 Å². The van der Waals surface area contributed by atoms with E-state index in [-0.39, 0.29) is 0 Å². The number of hydrogen-bond donors (Lipinski definition) is 2. The summed E-state index contributed by atoms with van der Waals surface area (Å²) in [5.41, 5.74) is 11.0. The highest BCUT2D eigenvalue weighted by Crippen LogP contribution is 2.71. The maximum atomic E-state index is 6.18. The van der Waals surface area contributed by atoms with Crippen molar-refractivity contribution in [1.82, 2.24) is 5.32 Å². The minimum atomic E-state index is 0.375. The summed E-state index contributed by atoms with van der Waals surface area (Å²) in [4.78, 5) is 0. The lowest BCUT2D eigenvalue weighted by Crippen LogP contribution is -2.54. The van der Waals surface area contributed by atoms with Gasteiger partial charge in [0.1, 0.15) is 0 Å². The normalized spacial score (nSPS) is 41.4. The molecule has 0 aliphatic heterocycles. The molecule has 0 amide bonds. The molecule has 0 heterocycles. The Morgan fingerprint density at radius 1 is 1.17 bits per heavy atom. The first-order valence-corrected chi connectivity index (χ1v) is 9.58. The zero-order valence-corrected chi connectivity index (χ0v) is 15.0. The van der Waals surface area contributed by atoms with Crippen molar-refractivity contribution in [3.63, 3.8) is 0 Å². The molecule has 2 nitrogen and oxygen atoms in total. The maximum Gasteiger partial charge on any atom is 0.0349 e. The van der Waals surface area contributed by atoms with E-state index in [4.69, 9.17) is 5.73 Å². The van der Waals surface area contributed by atoms with Crippen molar-refractivity contribution in [2.45, 2.75) is 71.4 Å². The van der Waals surface area contributed by atoms with E-state index >= 15 is 0 Å². The monoisotopic (exact) mass is 312 g/mol. The van der Waals surface area contributed by atoms with Crippen molar-refractivity contribution in [1.29, 1.82) is 0 Å². The summed E-state index contributed by atoms with van der Waals surface area (Å²) in [5, 5.41) is 4.04. The topological polar surface area (TPSA) is 38.0 Å². The van der Waals surface area contributed by atoms with Crippen LogP contribution in [-0.4, -0.2) is 5.54 Å². The Labute approximate surface area is 141 Å². The summed E-state index contributed by atoms with van der Waals surface area (Å²) in [5.74, 6) is 2.80. The second-order valence-corrected chi connectivity index (χ2v) is 9.02. The van der Waals surface area contributed by atoms with Crippen molar-refractivity contribution in [2.75, 3.05) is 5.73 Å². The Hall–Kier alpha value is -1.02. The van der Waals surface area contributed by atoms with Crippen LogP contribution in [0.3, 0.4) is 0 Å². The molecule has 2 heteroatoms. The van der Waals surface area contributed by atoms with E-state index in [1.165, 1.54) is 43.2 Å². The van der Waals surface area contributed by atoms with Gasteiger partial charge in [-0.2, -0.15) is 0 Å². The van der Waals surface area contributed by atoms with Crippen LogP contribution in [0.1, 0.15) is 64.0 Å². The van der Waals surface area contributed by atoms with Crippen LogP contribution in [-0.2, 0) is 13.0 Å². The molecule has 0 aromatic heterocycles. The van der Waals surface area contributed by atoms with Gasteiger partial charge in [-0.25, -0.2) is 0 Å². The van der Waals surface area contributed by atoms with Crippen LogP contribution in [0.4, 0.5) is 5.69 Å². The van der Waals surface area contributed by atoms with Crippen LogP contribution in [0.25, 0.3) is 0 Å². The molecular weight excluding hydrogens is 280 g/mol. The van der Waals surface area contributed by atoms with Crippen molar-refractivity contribution < 1.29 is 0 Å². The molecule has 1 aromatic carbocycles. The summed E-state index contributed by atoms with van der Waals surface area (Å²) in [6.45, 7) is 8.16. The molecular formula is C21H32N2. The first kappa shape index (κ1) is 15.5. The SMILES string of the molecule is CCc1c(N)cccc1CNC12CC(C)CC3(CC3C(C)C1)C2. The van der Waals surface area contributed by atoms with E-state index < -0.39 is 0 Å². The standard InChI is InChI=1S/C21H32N2/c1-4-17-16(6-5-7-19(17)22)12-23-21-9-14(2)8-20(13-21)11-18(20)15(3)10-21/h5-7,14-15,18,23H,4,8-13,22H2,1-3H3. The van der Waals surface area contributed by atoms with Crippen LogP contribution in [0, 0.1) is 23.2 Å². The lowest BCUT2D eigenvalue weighted by Gasteiger charge is -2.50. The summed E-state index contributed by atoms with van der Waals surface area (Å²) in [6, 6.07) is 6.40. The Morgan fingerprint density at radius 3 is 2.78 bits per heavy atom. The Bertz CT molecular complexity index is 610. The first-order chi connectivity index (χ1) is 11.0. The largest absolute Gasteiger partial charge is 0.398 e. The molecule has 1 spiro atoms. The fourth-order valence-corrected chi connectivity index (χ4v) is 6.53. The van der Waals surface area contributed by atoms with Gasteiger partial charge in [-0.1, -0.05) is 32.9 Å². The second-order valence-electron chi connectivity index (χ2n) is 9.02. The third-order valence-corrected chi connectivity index (χ3v) is 7.15. The van der Waals surface area contributed by atoms with Crippen LogP contribution < -0.4 is 11.1 Å². The highest BCUT2D eigenvalue weighted by Gasteiger charge is 2.65. The molecule has 23 heavy (non-hydrogen) atoms. The molecule has 0 saturated heterocycles. The van der Waals surface area contributed by atoms with Crippen molar-refractivity contribution in [3.05, 3.63) is 29.3 Å². The molecule has 3 aliphatic rings. The number of nitrogens with one attached hydrogen (secondary N) is 1. The third kappa shape index (κ3) is 2.50. The Kier molecular flexibility index (Phi) is 3.53. The fraction of sp³-hybridized carbons (Fsp3) is 0.714. The number of benzene rings is 1. The number of rotatable bonds is 4. The first-order valence-electron chi connectivity index (χ1n) is 9.58. The molecule has 3 saturated carbocycles. The minimum absolute atomic E-state index is 0.375. The zero-order valence-electron chi connectivity index (χ0n) is 15.0. The lowest BCUT2D eigenvalue weighted by atomic mass is 9.60. The van der Waals surface area contributed by atoms with Gasteiger partial charge in [-0.05, 0) is 78.9 Å². The van der Waals surface area contributed by atoms with Gasteiger partial charge in [-0.3, -0.25) is 0 Å². The van der Waals surface area contributed by atoms with Gasteiger partial charge in [0.15, 0.2) is 0 Å². The predicted octanol–water partition coefficient (Wildman–Crippen LogP) is 4.53. The molecule has 5 unspecified atom stereocenters. The third-order valence-electron chi connectivity index (χ3n) is 7.15. The molecule has 5 atom stereocenters. The molecule has 3 aliphatic carbocycles. The number of anilines is 1. The zero-order chi connectivity index (χ0) is 16.2. The Balaban J connectivity index is 1.55. The van der Waals surface area contributed by atoms with Gasteiger partial charge >= 0.3 is 0 Å². The van der Waals surface area contributed by atoms with E-state index in [2.05, 4.69) is 38.2 Å². The van der Waals surface area contributed by atoms with Gasteiger partial charge in [-0.15, -0.1) is 0 Å². The fourth-order valence-electron chi connectivity index (χ4n) is 6.53. The minimum Gasteiger partial charge on any atom is -0.398 e. The highest BCUT2D eigenvalue weighted by molar-refractivity contribution is 5.51. The summed E-state index contributed by atoms with van der Waals surface area (Å²) in [7, 11) is 0. The van der Waals surface area contributed by atoms with Crippen LogP contribution in [0.15, 0.2) is 18.2 Å².